The van der Waals surface area contributed by atoms with E-state index in [4.69, 9.17) is 9.84 Å². The molecule has 0 bridgehead atoms. The molecule has 6 amide bonds. The Morgan fingerprint density at radius 1 is 0.519 bits per heavy atom. The minimum atomic E-state index is -1.10. The predicted molar refractivity (Wildman–Crippen MR) is 199 cm³/mol. The lowest BCUT2D eigenvalue weighted by atomic mass is 10.2. The van der Waals surface area contributed by atoms with E-state index in [1.165, 1.54) is 44.1 Å². The van der Waals surface area contributed by atoms with Gasteiger partial charge in [0.25, 0.3) is 0 Å². The van der Waals surface area contributed by atoms with E-state index in [-0.39, 0.29) is 63.2 Å². The number of rotatable bonds is 24. The van der Waals surface area contributed by atoms with Crippen LogP contribution >= 0.6 is 0 Å². The van der Waals surface area contributed by atoms with Crippen molar-refractivity contribution >= 4 is 41.6 Å². The molecule has 21 heteroatoms. The summed E-state index contributed by atoms with van der Waals surface area (Å²) in [4.78, 5) is 87.5. The number of hydrazine groups is 6. The van der Waals surface area contributed by atoms with E-state index in [1.54, 1.807) is 48.5 Å². The number of nitrogens with zero attached hydrogens (tertiary/aromatic N) is 6. The topological polar surface area (TPSA) is 241 Å². The van der Waals surface area contributed by atoms with Gasteiger partial charge in [-0.3, -0.25) is 61.3 Å². The third-order valence-electron chi connectivity index (χ3n) is 6.57. The first-order valence-corrected chi connectivity index (χ1v) is 17.9. The molecule has 0 aromatic carbocycles. The molecule has 0 radical (unpaired) electrons. The van der Waals surface area contributed by atoms with Crippen LogP contribution in [-0.2, 0) is 33.5 Å². The maximum absolute atomic E-state index is 13.1. The van der Waals surface area contributed by atoms with E-state index in [2.05, 4.69) is 32.6 Å². The first-order chi connectivity index (χ1) is 24.8. The number of carbonyl (C=O) groups is 7. The van der Waals surface area contributed by atoms with E-state index in [1.807, 2.05) is 27.7 Å². The lowest BCUT2D eigenvalue weighted by molar-refractivity contribution is -0.141. The molecule has 0 heterocycles. The Morgan fingerprint density at radius 2 is 0.870 bits per heavy atom. The van der Waals surface area contributed by atoms with Gasteiger partial charge in [0.2, 0.25) is 29.5 Å². The second kappa shape index (κ2) is 24.3. The zero-order valence-electron chi connectivity index (χ0n) is 34.4. The van der Waals surface area contributed by atoms with Gasteiger partial charge >= 0.3 is 12.1 Å². The fraction of sp³-hybridized carbons (Fsp3) is 0.788. The van der Waals surface area contributed by atoms with Crippen LogP contribution in [-0.4, -0.2) is 161 Å². The first kappa shape index (κ1) is 49.9. The minimum absolute atomic E-state index is 0.0521. The van der Waals surface area contributed by atoms with Crippen molar-refractivity contribution in [2.45, 2.75) is 93.8 Å². The molecule has 0 fully saturated rings. The molecule has 0 spiro atoms. The fourth-order valence-electron chi connectivity index (χ4n) is 4.57. The van der Waals surface area contributed by atoms with E-state index < -0.39 is 47.2 Å². The molecule has 0 rings (SSSR count). The molecule has 0 aliphatic carbocycles. The molecular formula is C33H66N12O9. The number of carboxylic acid groups (broad SMARTS) is 1. The number of carbonyl (C=O) groups excluding carboxylic acids is 6. The summed E-state index contributed by atoms with van der Waals surface area (Å²) in [5, 5.41) is 17.2. The van der Waals surface area contributed by atoms with E-state index in [0.717, 1.165) is 0 Å². The van der Waals surface area contributed by atoms with Gasteiger partial charge in [-0.25, -0.2) is 34.8 Å². The number of amides is 6. The van der Waals surface area contributed by atoms with Gasteiger partial charge in [0.15, 0.2) is 0 Å². The Balaban J connectivity index is 5.17. The van der Waals surface area contributed by atoms with Crippen LogP contribution in [0.4, 0.5) is 4.79 Å². The Hall–Kier alpha value is -4.15. The average Bonchev–Trinajstić information content (AvgIpc) is 2.93. The highest BCUT2D eigenvalue weighted by atomic mass is 16.6. The maximum Gasteiger partial charge on any atom is 0.422 e. The zero-order valence-corrected chi connectivity index (χ0v) is 34.4. The van der Waals surface area contributed by atoms with Gasteiger partial charge in [0, 0.05) is 39.3 Å². The minimum Gasteiger partial charge on any atom is -0.480 e. The Morgan fingerprint density at radius 3 is 1.22 bits per heavy atom. The summed E-state index contributed by atoms with van der Waals surface area (Å²) in [5.74, 6) is -3.53. The van der Waals surface area contributed by atoms with Crippen molar-refractivity contribution in [1.82, 2.24) is 62.6 Å². The summed E-state index contributed by atoms with van der Waals surface area (Å²) in [5.41, 5.74) is 14.9. The van der Waals surface area contributed by atoms with Crippen LogP contribution in [0.3, 0.4) is 0 Å². The number of ether oxygens (including phenoxy) is 1. The van der Waals surface area contributed by atoms with Crippen molar-refractivity contribution < 1.29 is 43.4 Å². The highest BCUT2D eigenvalue weighted by Crippen LogP contribution is 2.07. The zero-order chi connectivity index (χ0) is 41.9. The molecule has 0 unspecified atom stereocenters. The second-order valence-corrected chi connectivity index (χ2v) is 15.4. The van der Waals surface area contributed by atoms with Gasteiger partial charge in [-0.1, -0.05) is 27.7 Å². The lowest BCUT2D eigenvalue weighted by Gasteiger charge is -2.30. The van der Waals surface area contributed by atoms with Crippen LogP contribution in [0.1, 0.15) is 76.2 Å². The number of likely N-dealkylation sites (N-methyl/N-ethyl adjacent to an activating group) is 2. The van der Waals surface area contributed by atoms with Crippen LogP contribution in [0.5, 0.6) is 0 Å². The maximum atomic E-state index is 13.1. The van der Waals surface area contributed by atoms with Crippen molar-refractivity contribution in [3.63, 3.8) is 0 Å². The van der Waals surface area contributed by atoms with Crippen molar-refractivity contribution in [2.24, 2.45) is 11.8 Å². The third-order valence-corrected chi connectivity index (χ3v) is 6.57. The van der Waals surface area contributed by atoms with Gasteiger partial charge in [-0.15, -0.1) is 0 Å². The standard InChI is InChI=1S/C33H66N12O9/c1-22(2)14-42(36-26(46)16-40(12)35-30(50)20-45(25(7)8)39-32(53)54-33(9,10)11)18-28(48)38-44(24(5)6)19-29(49)34-41(13)17-27(47)37-43(15-23(3)4)21-31(51)52/h22-25H,14-21H2,1-13H3,(H,34,49)(H,35,50)(H,36,46)(H,37,47)(H,38,48)(H,39,53)(H,51,52). The molecule has 312 valence electrons. The molecular weight excluding hydrogens is 708 g/mol. The fourth-order valence-corrected chi connectivity index (χ4v) is 4.57. The van der Waals surface area contributed by atoms with Gasteiger partial charge in [-0.05, 0) is 60.3 Å². The number of nitrogens with one attached hydrogen (secondary N) is 6. The van der Waals surface area contributed by atoms with Crippen LogP contribution in [0.2, 0.25) is 0 Å². The summed E-state index contributed by atoms with van der Waals surface area (Å²) in [6.45, 7) is 18.8. The Bertz CT molecular complexity index is 1240. The highest BCUT2D eigenvalue weighted by molar-refractivity contribution is 5.83. The van der Waals surface area contributed by atoms with E-state index in [0.29, 0.717) is 13.1 Å². The van der Waals surface area contributed by atoms with Crippen molar-refractivity contribution in [2.75, 3.05) is 66.5 Å². The van der Waals surface area contributed by atoms with Crippen LogP contribution in [0, 0.1) is 11.8 Å². The van der Waals surface area contributed by atoms with E-state index in [9.17, 15) is 33.6 Å². The highest BCUT2D eigenvalue weighted by Gasteiger charge is 2.24. The van der Waals surface area contributed by atoms with Gasteiger partial charge < -0.3 is 9.84 Å². The molecule has 0 saturated carbocycles. The molecule has 21 nitrogen and oxygen atoms in total. The summed E-state index contributed by atoms with van der Waals surface area (Å²) in [6.07, 6.45) is -0.707. The Labute approximate surface area is 319 Å². The largest absolute Gasteiger partial charge is 0.480 e. The van der Waals surface area contributed by atoms with Gasteiger partial charge in [0.1, 0.15) is 12.1 Å². The Kier molecular flexibility index (Phi) is 22.4. The van der Waals surface area contributed by atoms with Crippen molar-refractivity contribution in [1.29, 1.82) is 0 Å². The van der Waals surface area contributed by atoms with Crippen LogP contribution in [0.15, 0.2) is 0 Å². The van der Waals surface area contributed by atoms with Crippen molar-refractivity contribution in [3.05, 3.63) is 0 Å². The summed E-state index contributed by atoms with van der Waals surface area (Å²) >= 11 is 0. The summed E-state index contributed by atoms with van der Waals surface area (Å²) in [7, 11) is 2.97. The molecule has 0 atom stereocenters. The molecule has 0 aromatic heterocycles. The SMILES string of the molecule is CC(C)CN(CC(=O)O)NC(=O)CN(C)NC(=O)CN(NC(=O)CN(CC(C)C)NC(=O)CN(C)NC(=O)CN(NC(=O)OC(C)(C)C)C(C)C)C(C)C. The average molecular weight is 775 g/mol. The number of hydrogen-bond donors (Lipinski definition) is 7. The summed E-state index contributed by atoms with van der Waals surface area (Å²) in [6, 6.07) is -0.558. The van der Waals surface area contributed by atoms with Crippen molar-refractivity contribution in [3.8, 4) is 0 Å². The molecule has 0 aliphatic heterocycles. The second-order valence-electron chi connectivity index (χ2n) is 15.4. The quantitative estimate of drug-likeness (QED) is 0.0574. The number of carboxylic acids is 1. The molecule has 7 N–H and O–H groups in total. The molecule has 0 saturated heterocycles. The lowest BCUT2D eigenvalue weighted by Crippen LogP contribution is -2.58. The molecule has 0 aliphatic rings. The van der Waals surface area contributed by atoms with Gasteiger partial charge in [-0.2, -0.15) is 0 Å². The normalized spacial score (nSPS) is 12.1. The third kappa shape index (κ3) is 25.0. The van der Waals surface area contributed by atoms with Crippen LogP contribution < -0.4 is 32.6 Å². The summed E-state index contributed by atoms with van der Waals surface area (Å²) < 4.78 is 5.26. The number of aliphatic carboxylic acids is 1. The van der Waals surface area contributed by atoms with Crippen LogP contribution in [0.25, 0.3) is 0 Å². The predicted octanol–water partition coefficient (Wildman–Crippen LogP) is -1.13. The monoisotopic (exact) mass is 775 g/mol. The first-order valence-electron chi connectivity index (χ1n) is 17.9. The number of hydrogen-bond acceptors (Lipinski definition) is 14. The van der Waals surface area contributed by atoms with Gasteiger partial charge in [0.05, 0.1) is 32.7 Å². The smallest absolute Gasteiger partial charge is 0.422 e. The van der Waals surface area contributed by atoms with E-state index >= 15 is 0 Å². The molecule has 0 aromatic rings. The molecule has 54 heavy (non-hydrogen) atoms.